The van der Waals surface area contributed by atoms with Crippen molar-refractivity contribution in [2.45, 2.75) is 25.8 Å². The van der Waals surface area contributed by atoms with Crippen molar-refractivity contribution in [2.75, 3.05) is 33.7 Å². The molecule has 1 aliphatic carbocycles. The highest BCUT2D eigenvalue weighted by molar-refractivity contribution is 5.85. The van der Waals surface area contributed by atoms with Gasteiger partial charge in [0.15, 0.2) is 11.6 Å². The van der Waals surface area contributed by atoms with Gasteiger partial charge in [0.25, 0.3) is 0 Å². The fourth-order valence-corrected chi connectivity index (χ4v) is 3.32. The molecule has 1 saturated carbocycles. The standard InChI is InChI=1S/C18H27F2N3O.ClH/c1-22(2)8-9-23(12-13-6-7-16(19)17(20)10-13)18(24)15-5-3-4-14(15)11-21;/h6-7,10,14-15H,3-5,8-9,11-12,21H2,1-2H3;1H/t14-,15-;/m1./s1. The quantitative estimate of drug-likeness (QED) is 0.797. The van der Waals surface area contributed by atoms with Gasteiger partial charge >= 0.3 is 0 Å². The summed E-state index contributed by atoms with van der Waals surface area (Å²) in [5, 5.41) is 0. The molecule has 0 radical (unpaired) electrons. The van der Waals surface area contributed by atoms with E-state index in [-0.39, 0.29) is 36.7 Å². The Morgan fingerprint density at radius 2 is 1.92 bits per heavy atom. The van der Waals surface area contributed by atoms with Gasteiger partial charge in [-0.05, 0) is 57.1 Å². The normalized spacial score (nSPS) is 19.8. The highest BCUT2D eigenvalue weighted by Crippen LogP contribution is 2.32. The lowest BCUT2D eigenvalue weighted by Crippen LogP contribution is -2.41. The molecule has 0 saturated heterocycles. The summed E-state index contributed by atoms with van der Waals surface area (Å²) in [6.45, 7) is 2.08. The van der Waals surface area contributed by atoms with Crippen LogP contribution in [-0.4, -0.2) is 49.4 Å². The molecule has 1 fully saturated rings. The third-order valence-corrected chi connectivity index (χ3v) is 4.77. The van der Waals surface area contributed by atoms with Gasteiger partial charge in [0.05, 0.1) is 0 Å². The summed E-state index contributed by atoms with van der Waals surface area (Å²) in [5.74, 6) is -1.50. The van der Waals surface area contributed by atoms with Gasteiger partial charge in [-0.25, -0.2) is 8.78 Å². The van der Waals surface area contributed by atoms with Gasteiger partial charge in [0.1, 0.15) is 0 Å². The highest BCUT2D eigenvalue weighted by Gasteiger charge is 2.34. The molecule has 2 rings (SSSR count). The molecule has 0 aliphatic heterocycles. The lowest BCUT2D eigenvalue weighted by Gasteiger charge is -2.29. The van der Waals surface area contributed by atoms with E-state index < -0.39 is 11.6 Å². The van der Waals surface area contributed by atoms with Crippen molar-refractivity contribution >= 4 is 18.3 Å². The van der Waals surface area contributed by atoms with E-state index in [1.807, 2.05) is 19.0 Å². The van der Waals surface area contributed by atoms with Gasteiger partial charge in [-0.15, -0.1) is 12.4 Å². The second-order valence-electron chi connectivity index (χ2n) is 6.84. The molecule has 0 heterocycles. The molecule has 0 spiro atoms. The maximum Gasteiger partial charge on any atom is 0.226 e. The average molecular weight is 376 g/mol. The van der Waals surface area contributed by atoms with Crippen LogP contribution in [0.25, 0.3) is 0 Å². The predicted molar refractivity (Wildman–Crippen MR) is 97.5 cm³/mol. The summed E-state index contributed by atoms with van der Waals surface area (Å²) in [4.78, 5) is 16.7. The second kappa shape index (κ2) is 10.0. The molecule has 0 unspecified atom stereocenters. The van der Waals surface area contributed by atoms with E-state index in [0.29, 0.717) is 18.7 Å². The van der Waals surface area contributed by atoms with Crippen LogP contribution in [-0.2, 0) is 11.3 Å². The van der Waals surface area contributed by atoms with Crippen LogP contribution in [0.5, 0.6) is 0 Å². The summed E-state index contributed by atoms with van der Waals surface area (Å²) in [7, 11) is 3.89. The summed E-state index contributed by atoms with van der Waals surface area (Å²) in [5.41, 5.74) is 6.40. The van der Waals surface area contributed by atoms with Crippen molar-refractivity contribution in [1.29, 1.82) is 0 Å². The minimum atomic E-state index is -0.881. The number of hydrogen-bond acceptors (Lipinski definition) is 3. The Morgan fingerprint density at radius 3 is 2.52 bits per heavy atom. The first-order chi connectivity index (χ1) is 11.4. The highest BCUT2D eigenvalue weighted by atomic mass is 35.5. The van der Waals surface area contributed by atoms with E-state index >= 15 is 0 Å². The average Bonchev–Trinajstić information content (AvgIpc) is 3.02. The summed E-state index contributed by atoms with van der Waals surface area (Å²) in [6, 6.07) is 3.81. The van der Waals surface area contributed by atoms with E-state index in [2.05, 4.69) is 0 Å². The van der Waals surface area contributed by atoms with E-state index in [0.717, 1.165) is 31.9 Å². The monoisotopic (exact) mass is 375 g/mol. The number of rotatable bonds is 7. The van der Waals surface area contributed by atoms with Crippen molar-refractivity contribution in [3.63, 3.8) is 0 Å². The fraction of sp³-hybridized carbons (Fsp3) is 0.611. The maximum atomic E-state index is 13.5. The van der Waals surface area contributed by atoms with Crippen molar-refractivity contribution in [3.8, 4) is 0 Å². The molecular weight excluding hydrogens is 348 g/mol. The lowest BCUT2D eigenvalue weighted by atomic mass is 9.94. The van der Waals surface area contributed by atoms with Crippen molar-refractivity contribution in [3.05, 3.63) is 35.4 Å². The van der Waals surface area contributed by atoms with Crippen molar-refractivity contribution < 1.29 is 13.6 Å². The molecule has 0 aromatic heterocycles. The number of amides is 1. The smallest absolute Gasteiger partial charge is 0.226 e. The predicted octanol–water partition coefficient (Wildman–Crippen LogP) is 2.65. The molecule has 0 bridgehead atoms. The van der Waals surface area contributed by atoms with E-state index in [9.17, 15) is 13.6 Å². The molecule has 1 aromatic rings. The van der Waals surface area contributed by atoms with Crippen LogP contribution in [0.4, 0.5) is 8.78 Å². The number of halogens is 3. The summed E-state index contributed by atoms with van der Waals surface area (Å²) in [6.07, 6.45) is 2.86. The van der Waals surface area contributed by atoms with Crippen LogP contribution < -0.4 is 5.73 Å². The topological polar surface area (TPSA) is 49.6 Å². The van der Waals surface area contributed by atoms with Gasteiger partial charge < -0.3 is 15.5 Å². The molecule has 1 amide bonds. The summed E-state index contributed by atoms with van der Waals surface area (Å²) < 4.78 is 26.6. The number of nitrogens with zero attached hydrogens (tertiary/aromatic N) is 2. The Balaban J connectivity index is 0.00000312. The molecule has 25 heavy (non-hydrogen) atoms. The zero-order valence-corrected chi connectivity index (χ0v) is 15.7. The number of likely N-dealkylation sites (N-methyl/N-ethyl adjacent to an activating group) is 1. The third kappa shape index (κ3) is 5.90. The minimum Gasteiger partial charge on any atom is -0.337 e. The first-order valence-corrected chi connectivity index (χ1v) is 8.50. The lowest BCUT2D eigenvalue weighted by molar-refractivity contribution is -0.137. The van der Waals surface area contributed by atoms with Gasteiger partial charge in [-0.2, -0.15) is 0 Å². The van der Waals surface area contributed by atoms with Crippen LogP contribution in [0.2, 0.25) is 0 Å². The fourth-order valence-electron chi connectivity index (χ4n) is 3.32. The Hall–Kier alpha value is -1.24. The van der Waals surface area contributed by atoms with Crippen LogP contribution in [0.1, 0.15) is 24.8 Å². The van der Waals surface area contributed by atoms with Crippen LogP contribution >= 0.6 is 12.4 Å². The van der Waals surface area contributed by atoms with Crippen LogP contribution in [0.3, 0.4) is 0 Å². The number of benzene rings is 1. The van der Waals surface area contributed by atoms with Gasteiger partial charge in [0.2, 0.25) is 5.91 Å². The molecule has 7 heteroatoms. The zero-order valence-electron chi connectivity index (χ0n) is 14.9. The summed E-state index contributed by atoms with van der Waals surface area (Å²) >= 11 is 0. The molecule has 2 N–H and O–H groups in total. The number of hydrogen-bond donors (Lipinski definition) is 1. The number of carbonyl (C=O) groups excluding carboxylic acids is 1. The number of carbonyl (C=O) groups is 1. The Bertz CT molecular complexity index is 571. The first-order valence-electron chi connectivity index (χ1n) is 8.50. The molecule has 1 aromatic carbocycles. The minimum absolute atomic E-state index is 0. The van der Waals surface area contributed by atoms with Crippen LogP contribution in [0.15, 0.2) is 18.2 Å². The van der Waals surface area contributed by atoms with Gasteiger partial charge in [-0.3, -0.25) is 4.79 Å². The van der Waals surface area contributed by atoms with E-state index in [4.69, 9.17) is 5.73 Å². The van der Waals surface area contributed by atoms with Gasteiger partial charge in [0, 0.05) is 25.6 Å². The first kappa shape index (κ1) is 21.8. The van der Waals surface area contributed by atoms with Crippen molar-refractivity contribution in [1.82, 2.24) is 9.80 Å². The Labute approximate surface area is 154 Å². The zero-order chi connectivity index (χ0) is 17.7. The Kier molecular flexibility index (Phi) is 8.76. The molecule has 2 atom stereocenters. The van der Waals surface area contributed by atoms with E-state index in [1.165, 1.54) is 12.1 Å². The number of nitrogens with two attached hydrogens (primary N) is 1. The molecular formula is C18H28ClF2N3O. The van der Waals surface area contributed by atoms with E-state index in [1.54, 1.807) is 4.90 Å². The van der Waals surface area contributed by atoms with Gasteiger partial charge in [-0.1, -0.05) is 12.5 Å². The Morgan fingerprint density at radius 1 is 1.20 bits per heavy atom. The second-order valence-corrected chi connectivity index (χ2v) is 6.84. The van der Waals surface area contributed by atoms with Crippen LogP contribution in [0, 0.1) is 23.5 Å². The largest absolute Gasteiger partial charge is 0.337 e. The molecule has 4 nitrogen and oxygen atoms in total. The molecule has 1 aliphatic rings. The van der Waals surface area contributed by atoms with Crippen molar-refractivity contribution in [2.24, 2.45) is 17.6 Å². The maximum absolute atomic E-state index is 13.5. The molecule has 142 valence electrons. The third-order valence-electron chi connectivity index (χ3n) is 4.77. The SMILES string of the molecule is CN(C)CCN(Cc1ccc(F)c(F)c1)C(=O)[C@@H]1CCC[C@@H]1CN.Cl.